The van der Waals surface area contributed by atoms with Gasteiger partial charge in [-0.05, 0) is 64.7 Å². The van der Waals surface area contributed by atoms with E-state index in [0.717, 1.165) is 17.3 Å². The van der Waals surface area contributed by atoms with Gasteiger partial charge in [0.25, 0.3) is 0 Å². The number of rotatable bonds is 4. The Morgan fingerprint density at radius 3 is 2.41 bits per heavy atom. The van der Waals surface area contributed by atoms with Crippen LogP contribution in [0.3, 0.4) is 0 Å². The first-order chi connectivity index (χ1) is 10.1. The Hall–Kier alpha value is -0.910. The molecule has 1 N–H and O–H groups in total. The van der Waals surface area contributed by atoms with E-state index < -0.39 is 5.97 Å². The number of carboxylic acids is 1. The minimum Gasteiger partial charge on any atom is -0.478 e. The van der Waals surface area contributed by atoms with Gasteiger partial charge in [-0.3, -0.25) is 4.84 Å². The topological polar surface area (TPSA) is 49.8 Å². The van der Waals surface area contributed by atoms with Gasteiger partial charge in [-0.1, -0.05) is 22.0 Å². The zero-order chi connectivity index (χ0) is 16.5. The predicted octanol–water partition coefficient (Wildman–Crippen LogP) is 4.62. The zero-order valence-corrected chi connectivity index (χ0v) is 15.2. The van der Waals surface area contributed by atoms with E-state index in [1.54, 1.807) is 12.1 Å². The summed E-state index contributed by atoms with van der Waals surface area (Å²) in [5.41, 5.74) is 0.857. The third-order valence-corrected chi connectivity index (χ3v) is 4.82. The minimum atomic E-state index is -0.933. The molecule has 4 nitrogen and oxygen atoms in total. The molecule has 22 heavy (non-hydrogen) atoms. The maximum absolute atomic E-state index is 11.4. The lowest BCUT2D eigenvalue weighted by atomic mass is 9.82. The van der Waals surface area contributed by atoms with Crippen molar-refractivity contribution in [2.75, 3.05) is 0 Å². The Bertz CT molecular complexity index is 553. The lowest BCUT2D eigenvalue weighted by Gasteiger charge is -2.51. The van der Waals surface area contributed by atoms with E-state index in [-0.39, 0.29) is 23.2 Å². The maximum Gasteiger partial charge on any atom is 0.336 e. The van der Waals surface area contributed by atoms with Crippen LogP contribution in [0.25, 0.3) is 0 Å². The fraction of sp³-hybridized carbons (Fsp3) is 0.588. The van der Waals surface area contributed by atoms with Crippen molar-refractivity contribution in [2.45, 2.75) is 64.6 Å². The molecular formula is C17H24BrNO3. The highest BCUT2D eigenvalue weighted by Gasteiger charge is 2.42. The van der Waals surface area contributed by atoms with Crippen LogP contribution in [0.5, 0.6) is 0 Å². The maximum atomic E-state index is 11.4. The lowest BCUT2D eigenvalue weighted by Crippen LogP contribution is -2.58. The van der Waals surface area contributed by atoms with Gasteiger partial charge in [0.05, 0.1) is 12.2 Å². The van der Waals surface area contributed by atoms with E-state index in [0.29, 0.717) is 5.56 Å². The molecule has 1 aliphatic heterocycles. The summed E-state index contributed by atoms with van der Waals surface area (Å²) in [5.74, 6) is -0.933. The average molecular weight is 370 g/mol. The van der Waals surface area contributed by atoms with E-state index in [1.165, 1.54) is 6.42 Å². The smallest absolute Gasteiger partial charge is 0.336 e. The number of hydroxylamine groups is 2. The quantitative estimate of drug-likeness (QED) is 0.840. The fourth-order valence-corrected chi connectivity index (χ4v) is 3.69. The molecule has 0 saturated carbocycles. The molecule has 0 amide bonds. The second-order valence-electron chi connectivity index (χ2n) is 7.15. The molecule has 2 rings (SSSR count). The van der Waals surface area contributed by atoms with Crippen LogP contribution in [0.15, 0.2) is 22.7 Å². The van der Waals surface area contributed by atoms with Crippen LogP contribution < -0.4 is 0 Å². The molecule has 0 radical (unpaired) electrons. The third-order valence-electron chi connectivity index (χ3n) is 4.33. The lowest BCUT2D eigenvalue weighted by molar-refractivity contribution is -0.288. The van der Waals surface area contributed by atoms with Crippen LogP contribution >= 0.6 is 15.9 Å². The molecule has 0 aliphatic carbocycles. The van der Waals surface area contributed by atoms with Crippen LogP contribution in [0, 0.1) is 0 Å². The molecule has 1 saturated heterocycles. The molecule has 0 bridgehead atoms. The Morgan fingerprint density at radius 2 is 1.86 bits per heavy atom. The number of benzene rings is 1. The Labute approximate surface area is 140 Å². The van der Waals surface area contributed by atoms with E-state index in [9.17, 15) is 9.90 Å². The molecule has 0 atom stereocenters. The number of hydrogen-bond acceptors (Lipinski definition) is 3. The van der Waals surface area contributed by atoms with E-state index in [1.807, 2.05) is 6.07 Å². The van der Waals surface area contributed by atoms with Crippen molar-refractivity contribution in [1.29, 1.82) is 0 Å². The van der Waals surface area contributed by atoms with Gasteiger partial charge in [-0.2, -0.15) is 5.06 Å². The summed E-state index contributed by atoms with van der Waals surface area (Å²) >= 11 is 3.31. The molecule has 1 heterocycles. The van der Waals surface area contributed by atoms with E-state index in [4.69, 9.17) is 4.84 Å². The minimum absolute atomic E-state index is 0.0551. The monoisotopic (exact) mass is 369 g/mol. The molecule has 1 fully saturated rings. The molecule has 1 aromatic carbocycles. The summed E-state index contributed by atoms with van der Waals surface area (Å²) in [6.07, 6.45) is 3.32. The van der Waals surface area contributed by atoms with E-state index in [2.05, 4.69) is 48.7 Å². The molecule has 0 spiro atoms. The summed E-state index contributed by atoms with van der Waals surface area (Å²) in [4.78, 5) is 17.5. The van der Waals surface area contributed by atoms with Crippen LogP contribution in [-0.4, -0.2) is 27.2 Å². The normalized spacial score (nSPS) is 20.8. The van der Waals surface area contributed by atoms with Gasteiger partial charge < -0.3 is 5.11 Å². The van der Waals surface area contributed by atoms with Gasteiger partial charge in [0.1, 0.15) is 0 Å². The summed E-state index contributed by atoms with van der Waals surface area (Å²) in [5, 5.41) is 11.4. The number of hydrogen-bond donors (Lipinski definition) is 1. The van der Waals surface area contributed by atoms with Crippen LogP contribution in [-0.2, 0) is 11.4 Å². The molecule has 1 aliphatic rings. The van der Waals surface area contributed by atoms with Crippen LogP contribution in [0.4, 0.5) is 0 Å². The van der Waals surface area contributed by atoms with Crippen molar-refractivity contribution in [2.24, 2.45) is 0 Å². The first-order valence-corrected chi connectivity index (χ1v) is 8.38. The number of halogens is 1. The summed E-state index contributed by atoms with van der Waals surface area (Å²) in [7, 11) is 0. The summed E-state index contributed by atoms with van der Waals surface area (Å²) < 4.78 is 0.757. The van der Waals surface area contributed by atoms with Crippen LogP contribution in [0.1, 0.15) is 62.9 Å². The Balaban J connectivity index is 2.20. The van der Waals surface area contributed by atoms with Crippen molar-refractivity contribution < 1.29 is 14.7 Å². The SMILES string of the molecule is CC1(C)CCCC(C)(C)N1OCc1ccc(Br)cc1C(=O)O. The van der Waals surface area contributed by atoms with Gasteiger partial charge in [-0.25, -0.2) is 4.79 Å². The number of carbonyl (C=O) groups is 1. The highest BCUT2D eigenvalue weighted by Crippen LogP contribution is 2.38. The second-order valence-corrected chi connectivity index (χ2v) is 8.07. The van der Waals surface area contributed by atoms with Crippen LogP contribution in [0.2, 0.25) is 0 Å². The summed E-state index contributed by atoms with van der Waals surface area (Å²) in [6.45, 7) is 8.96. The number of nitrogens with zero attached hydrogens (tertiary/aromatic N) is 1. The number of carboxylic acid groups (broad SMARTS) is 1. The first kappa shape index (κ1) is 17.4. The van der Waals surface area contributed by atoms with Gasteiger partial charge in [0.15, 0.2) is 0 Å². The van der Waals surface area contributed by atoms with Crippen molar-refractivity contribution in [3.63, 3.8) is 0 Å². The number of piperidine rings is 1. The zero-order valence-electron chi connectivity index (χ0n) is 13.6. The molecule has 5 heteroatoms. The molecule has 0 aromatic heterocycles. The van der Waals surface area contributed by atoms with Crippen molar-refractivity contribution in [3.8, 4) is 0 Å². The van der Waals surface area contributed by atoms with Gasteiger partial charge in [0.2, 0.25) is 0 Å². The average Bonchev–Trinajstić information content (AvgIpc) is 2.38. The molecule has 1 aromatic rings. The standard InChI is InChI=1S/C17H24BrNO3/c1-16(2)8-5-9-17(3,4)19(16)22-11-12-6-7-13(18)10-14(12)15(20)21/h6-7,10H,5,8-9,11H2,1-4H3,(H,20,21). The molecule has 0 unspecified atom stereocenters. The summed E-state index contributed by atoms with van der Waals surface area (Å²) in [6, 6.07) is 5.27. The van der Waals surface area contributed by atoms with Gasteiger partial charge in [-0.15, -0.1) is 0 Å². The van der Waals surface area contributed by atoms with E-state index >= 15 is 0 Å². The van der Waals surface area contributed by atoms with Crippen molar-refractivity contribution >= 4 is 21.9 Å². The third kappa shape index (κ3) is 3.70. The largest absolute Gasteiger partial charge is 0.478 e. The molecular weight excluding hydrogens is 346 g/mol. The van der Waals surface area contributed by atoms with Gasteiger partial charge >= 0.3 is 5.97 Å². The number of aromatic carboxylic acids is 1. The molecule has 122 valence electrons. The van der Waals surface area contributed by atoms with Crippen molar-refractivity contribution in [1.82, 2.24) is 5.06 Å². The van der Waals surface area contributed by atoms with Crippen molar-refractivity contribution in [3.05, 3.63) is 33.8 Å². The highest BCUT2D eigenvalue weighted by atomic mass is 79.9. The van der Waals surface area contributed by atoms with Gasteiger partial charge in [0, 0.05) is 15.6 Å². The Morgan fingerprint density at radius 1 is 1.27 bits per heavy atom. The Kier molecular flexibility index (Phi) is 5.00. The predicted molar refractivity (Wildman–Crippen MR) is 89.7 cm³/mol. The first-order valence-electron chi connectivity index (χ1n) is 7.58. The second kappa shape index (κ2) is 6.30. The highest BCUT2D eigenvalue weighted by molar-refractivity contribution is 9.10. The fourth-order valence-electron chi connectivity index (χ4n) is 3.33.